The number of benzene rings is 2. The first kappa shape index (κ1) is 17.8. The van der Waals surface area contributed by atoms with Gasteiger partial charge in [-0.15, -0.1) is 0 Å². The summed E-state index contributed by atoms with van der Waals surface area (Å²) in [6.45, 7) is 2.18. The molecule has 1 heterocycles. The Balaban J connectivity index is 1.45. The number of nitrogens with zero attached hydrogens (tertiary/aromatic N) is 2. The van der Waals surface area contributed by atoms with Gasteiger partial charge in [0.1, 0.15) is 5.75 Å². The second kappa shape index (κ2) is 8.89. The van der Waals surface area contributed by atoms with E-state index in [9.17, 15) is 4.79 Å². The van der Waals surface area contributed by atoms with E-state index >= 15 is 0 Å². The Bertz CT molecular complexity index is 761. The molecule has 0 saturated heterocycles. The Morgan fingerprint density at radius 2 is 1.88 bits per heavy atom. The molecule has 1 aliphatic rings. The lowest BCUT2D eigenvalue weighted by molar-refractivity contribution is -0.121. The lowest BCUT2D eigenvalue weighted by Crippen LogP contribution is -2.41. The Morgan fingerprint density at radius 3 is 2.69 bits per heavy atom. The van der Waals surface area contributed by atoms with Crippen molar-refractivity contribution in [3.8, 4) is 5.75 Å². The monoisotopic (exact) mass is 352 g/mol. The molecule has 0 radical (unpaired) electrons. The number of rotatable bonds is 6. The predicted octanol–water partition coefficient (Wildman–Crippen LogP) is 2.17. The van der Waals surface area contributed by atoms with Gasteiger partial charge in [0.05, 0.1) is 5.69 Å². The van der Waals surface area contributed by atoms with E-state index in [1.54, 1.807) is 11.9 Å². The lowest BCUT2D eigenvalue weighted by atomic mass is 10.2. The summed E-state index contributed by atoms with van der Waals surface area (Å²) in [6.07, 6.45) is 0.812. The van der Waals surface area contributed by atoms with Crippen LogP contribution in [-0.4, -0.2) is 38.6 Å². The topological polar surface area (TPSA) is 66.0 Å². The first-order valence-electron chi connectivity index (χ1n) is 8.78. The molecule has 0 aromatic heterocycles. The van der Waals surface area contributed by atoms with Crippen LogP contribution in [0.3, 0.4) is 0 Å². The first-order chi connectivity index (χ1) is 12.8. The normalized spacial score (nSPS) is 13.8. The number of guanidine groups is 1. The van der Waals surface area contributed by atoms with E-state index in [2.05, 4.69) is 27.8 Å². The van der Waals surface area contributed by atoms with Gasteiger partial charge < -0.3 is 20.3 Å². The van der Waals surface area contributed by atoms with E-state index in [0.717, 1.165) is 36.9 Å². The Morgan fingerprint density at radius 1 is 1.12 bits per heavy atom. The molecule has 3 rings (SSSR count). The average Bonchev–Trinajstić information content (AvgIpc) is 2.69. The molecule has 0 fully saturated rings. The van der Waals surface area contributed by atoms with Gasteiger partial charge in [-0.2, -0.15) is 0 Å². The Labute approximate surface area is 153 Å². The number of anilines is 1. The van der Waals surface area contributed by atoms with E-state index in [0.29, 0.717) is 6.54 Å². The second-order valence-electron chi connectivity index (χ2n) is 5.99. The minimum atomic E-state index is -0.00437. The summed E-state index contributed by atoms with van der Waals surface area (Å²) in [5.41, 5.74) is 2.04. The van der Waals surface area contributed by atoms with E-state index in [4.69, 9.17) is 4.74 Å². The van der Waals surface area contributed by atoms with E-state index < -0.39 is 0 Å². The molecule has 0 unspecified atom stereocenters. The van der Waals surface area contributed by atoms with Crippen LogP contribution in [0.5, 0.6) is 5.75 Å². The number of carbonyl (C=O) groups excluding carboxylic acids is 1. The van der Waals surface area contributed by atoms with Crippen molar-refractivity contribution in [1.29, 1.82) is 0 Å². The number of aliphatic imine (C=N–C) groups is 1. The maximum absolute atomic E-state index is 12.1. The maximum Gasteiger partial charge on any atom is 0.265 e. The zero-order chi connectivity index (χ0) is 18.2. The molecule has 2 aromatic carbocycles. The number of carbonyl (C=O) groups is 1. The van der Waals surface area contributed by atoms with Crippen molar-refractivity contribution in [3.05, 3.63) is 60.2 Å². The number of hydrogen-bond donors (Lipinski definition) is 2. The molecule has 0 saturated carbocycles. The SMILES string of the molecule is CN=C(NCCCN1C(=O)COc2ccccc21)NCc1ccccc1. The number of hydrogen-bond acceptors (Lipinski definition) is 3. The van der Waals surface area contributed by atoms with Crippen molar-refractivity contribution in [2.75, 3.05) is 31.6 Å². The number of amides is 1. The molecule has 2 aromatic rings. The van der Waals surface area contributed by atoms with Crippen LogP contribution in [0, 0.1) is 0 Å². The molecule has 0 spiro atoms. The Kier molecular flexibility index (Phi) is 6.09. The van der Waals surface area contributed by atoms with Gasteiger partial charge in [-0.25, -0.2) is 0 Å². The zero-order valence-electron chi connectivity index (χ0n) is 14.9. The molecule has 1 amide bonds. The van der Waals surface area contributed by atoms with Crippen molar-refractivity contribution in [3.63, 3.8) is 0 Å². The molecular weight excluding hydrogens is 328 g/mol. The highest BCUT2D eigenvalue weighted by Crippen LogP contribution is 2.31. The van der Waals surface area contributed by atoms with Gasteiger partial charge in [0.2, 0.25) is 0 Å². The quantitative estimate of drug-likeness (QED) is 0.475. The lowest BCUT2D eigenvalue weighted by Gasteiger charge is -2.29. The van der Waals surface area contributed by atoms with Gasteiger partial charge in [0.25, 0.3) is 5.91 Å². The van der Waals surface area contributed by atoms with Crippen LogP contribution >= 0.6 is 0 Å². The first-order valence-corrected chi connectivity index (χ1v) is 8.78. The van der Waals surface area contributed by atoms with Crippen LogP contribution in [-0.2, 0) is 11.3 Å². The number of fused-ring (bicyclic) bond motifs is 1. The molecule has 0 atom stereocenters. The summed E-state index contributed by atoms with van der Waals surface area (Å²) in [6, 6.07) is 17.8. The molecule has 1 aliphatic heterocycles. The summed E-state index contributed by atoms with van der Waals surface area (Å²) in [5.74, 6) is 1.51. The summed E-state index contributed by atoms with van der Waals surface area (Å²) in [7, 11) is 1.75. The highest BCUT2D eigenvalue weighted by atomic mass is 16.5. The highest BCUT2D eigenvalue weighted by Gasteiger charge is 2.24. The number of para-hydroxylation sites is 2. The standard InChI is InChI=1S/C20H24N4O2/c1-21-20(23-14-16-8-3-2-4-9-16)22-12-7-13-24-17-10-5-6-11-18(17)26-15-19(24)25/h2-6,8-11H,7,12-15H2,1H3,(H2,21,22,23). The minimum absolute atomic E-state index is 0.00437. The zero-order valence-corrected chi connectivity index (χ0v) is 14.9. The van der Waals surface area contributed by atoms with Crippen LogP contribution in [0.4, 0.5) is 5.69 Å². The maximum atomic E-state index is 12.1. The van der Waals surface area contributed by atoms with Gasteiger partial charge in [-0.1, -0.05) is 42.5 Å². The third-order valence-corrected chi connectivity index (χ3v) is 4.19. The van der Waals surface area contributed by atoms with Gasteiger partial charge in [0, 0.05) is 26.7 Å². The largest absolute Gasteiger partial charge is 0.482 e. The molecule has 2 N–H and O–H groups in total. The minimum Gasteiger partial charge on any atom is -0.482 e. The highest BCUT2D eigenvalue weighted by molar-refractivity contribution is 5.97. The van der Waals surface area contributed by atoms with E-state index in [1.165, 1.54) is 5.56 Å². The summed E-state index contributed by atoms with van der Waals surface area (Å²) in [5, 5.41) is 6.57. The van der Waals surface area contributed by atoms with Gasteiger partial charge in [0.15, 0.2) is 12.6 Å². The van der Waals surface area contributed by atoms with Crippen LogP contribution in [0.25, 0.3) is 0 Å². The van der Waals surface area contributed by atoms with Crippen LogP contribution < -0.4 is 20.3 Å². The fraction of sp³-hybridized carbons (Fsp3) is 0.300. The average molecular weight is 352 g/mol. The summed E-state index contributed by atoms with van der Waals surface area (Å²) < 4.78 is 5.47. The van der Waals surface area contributed by atoms with Crippen LogP contribution in [0.2, 0.25) is 0 Å². The van der Waals surface area contributed by atoms with Crippen LogP contribution in [0.1, 0.15) is 12.0 Å². The fourth-order valence-corrected chi connectivity index (χ4v) is 2.85. The smallest absolute Gasteiger partial charge is 0.265 e. The summed E-state index contributed by atoms with van der Waals surface area (Å²) >= 11 is 0. The number of nitrogens with one attached hydrogen (secondary N) is 2. The van der Waals surface area contributed by atoms with Crippen LogP contribution in [0.15, 0.2) is 59.6 Å². The molecule has 26 heavy (non-hydrogen) atoms. The molecule has 136 valence electrons. The van der Waals surface area contributed by atoms with E-state index in [-0.39, 0.29) is 12.5 Å². The third-order valence-electron chi connectivity index (χ3n) is 4.19. The second-order valence-corrected chi connectivity index (χ2v) is 5.99. The number of ether oxygens (including phenoxy) is 1. The molecular formula is C20H24N4O2. The van der Waals surface area contributed by atoms with Gasteiger partial charge >= 0.3 is 0 Å². The molecule has 0 aliphatic carbocycles. The van der Waals surface area contributed by atoms with Crippen molar-refractivity contribution in [2.24, 2.45) is 4.99 Å². The van der Waals surface area contributed by atoms with Crippen molar-refractivity contribution >= 4 is 17.6 Å². The van der Waals surface area contributed by atoms with Gasteiger partial charge in [-0.3, -0.25) is 9.79 Å². The molecule has 6 nitrogen and oxygen atoms in total. The molecule has 6 heteroatoms. The van der Waals surface area contributed by atoms with Crippen molar-refractivity contribution in [1.82, 2.24) is 10.6 Å². The predicted molar refractivity (Wildman–Crippen MR) is 104 cm³/mol. The van der Waals surface area contributed by atoms with E-state index in [1.807, 2.05) is 42.5 Å². The van der Waals surface area contributed by atoms with Gasteiger partial charge in [-0.05, 0) is 24.1 Å². The summed E-state index contributed by atoms with van der Waals surface area (Å²) in [4.78, 5) is 18.2. The Hall–Kier alpha value is -3.02. The van der Waals surface area contributed by atoms with Crippen molar-refractivity contribution < 1.29 is 9.53 Å². The third kappa shape index (κ3) is 4.53. The molecule has 0 bridgehead atoms. The fourth-order valence-electron chi connectivity index (χ4n) is 2.85. The van der Waals surface area contributed by atoms with Crippen molar-refractivity contribution in [2.45, 2.75) is 13.0 Å².